The Balaban J connectivity index is 2.08. The highest BCUT2D eigenvalue weighted by molar-refractivity contribution is 5.91. The van der Waals surface area contributed by atoms with Crippen LogP contribution in [0.1, 0.15) is 26.7 Å². The Morgan fingerprint density at radius 1 is 1.35 bits per heavy atom. The van der Waals surface area contributed by atoms with Crippen molar-refractivity contribution in [3.8, 4) is 5.69 Å². The number of aromatic nitrogens is 2. The molecule has 0 radical (unpaired) electrons. The van der Waals surface area contributed by atoms with Crippen molar-refractivity contribution >= 4 is 11.7 Å². The van der Waals surface area contributed by atoms with Gasteiger partial charge in [0.25, 0.3) is 0 Å². The molecule has 5 nitrogen and oxygen atoms in total. The van der Waals surface area contributed by atoms with Crippen molar-refractivity contribution in [1.29, 1.82) is 0 Å². The highest BCUT2D eigenvalue weighted by atomic mass is 16.2. The van der Waals surface area contributed by atoms with Gasteiger partial charge in [0.2, 0.25) is 0 Å². The van der Waals surface area contributed by atoms with Crippen molar-refractivity contribution < 1.29 is 4.79 Å². The molecule has 5 heteroatoms. The van der Waals surface area contributed by atoms with Gasteiger partial charge in [0.15, 0.2) is 0 Å². The Bertz CT molecular complexity index is 551. The lowest BCUT2D eigenvalue weighted by molar-refractivity contribution is 0.248. The second-order valence-electron chi connectivity index (χ2n) is 4.76. The third kappa shape index (κ3) is 3.60. The maximum absolute atomic E-state index is 12.0. The van der Waals surface area contributed by atoms with Crippen LogP contribution in [-0.2, 0) is 0 Å². The molecule has 0 aliphatic carbocycles. The molecule has 0 saturated heterocycles. The molecule has 0 unspecified atom stereocenters. The Morgan fingerprint density at radius 3 is 2.85 bits per heavy atom. The Kier molecular flexibility index (Phi) is 4.76. The van der Waals surface area contributed by atoms with Gasteiger partial charge in [-0.05, 0) is 31.5 Å². The van der Waals surface area contributed by atoms with E-state index in [0.717, 1.165) is 24.2 Å². The van der Waals surface area contributed by atoms with E-state index in [2.05, 4.69) is 22.7 Å². The lowest BCUT2D eigenvalue weighted by Crippen LogP contribution is -2.36. The molecule has 0 aliphatic heterocycles. The van der Waals surface area contributed by atoms with Crippen LogP contribution >= 0.6 is 0 Å². The fraction of sp³-hybridized carbons (Fsp3) is 0.333. The van der Waals surface area contributed by atoms with E-state index in [-0.39, 0.29) is 12.1 Å². The lowest BCUT2D eigenvalue weighted by Gasteiger charge is -2.15. The summed E-state index contributed by atoms with van der Waals surface area (Å²) in [5, 5.41) is 9.99. The standard InChI is InChI=1S/C15H20N4O/c1-3-7-12(2)17-15(20)18-13-8-4-5-9-14(13)19-11-6-10-16-19/h4-6,8-12H,3,7H2,1-2H3,(H2,17,18,20)/t12-/m1/s1. The van der Waals surface area contributed by atoms with E-state index in [1.807, 2.05) is 43.5 Å². The molecule has 20 heavy (non-hydrogen) atoms. The average Bonchev–Trinajstić information content (AvgIpc) is 2.93. The van der Waals surface area contributed by atoms with Crippen molar-refractivity contribution in [3.05, 3.63) is 42.7 Å². The van der Waals surface area contributed by atoms with Crippen LogP contribution in [0.4, 0.5) is 10.5 Å². The Labute approximate surface area is 119 Å². The quantitative estimate of drug-likeness (QED) is 0.878. The molecule has 106 valence electrons. The van der Waals surface area contributed by atoms with Gasteiger partial charge in [-0.1, -0.05) is 25.5 Å². The maximum Gasteiger partial charge on any atom is 0.319 e. The predicted molar refractivity (Wildman–Crippen MR) is 80.1 cm³/mol. The molecule has 1 aromatic heterocycles. The van der Waals surface area contributed by atoms with Crippen LogP contribution in [0.2, 0.25) is 0 Å². The van der Waals surface area contributed by atoms with Crippen LogP contribution in [-0.4, -0.2) is 21.9 Å². The van der Waals surface area contributed by atoms with Gasteiger partial charge in [0, 0.05) is 18.4 Å². The van der Waals surface area contributed by atoms with Crippen LogP contribution in [0.25, 0.3) is 5.69 Å². The predicted octanol–water partition coefficient (Wildman–Crippen LogP) is 3.18. The second-order valence-corrected chi connectivity index (χ2v) is 4.76. The van der Waals surface area contributed by atoms with Crippen LogP contribution in [0.5, 0.6) is 0 Å². The van der Waals surface area contributed by atoms with Crippen molar-refractivity contribution in [2.75, 3.05) is 5.32 Å². The van der Waals surface area contributed by atoms with E-state index in [4.69, 9.17) is 0 Å². The van der Waals surface area contributed by atoms with Crippen LogP contribution in [0.3, 0.4) is 0 Å². The molecule has 0 saturated carbocycles. The average molecular weight is 272 g/mol. The third-order valence-corrected chi connectivity index (χ3v) is 3.00. The van der Waals surface area contributed by atoms with E-state index in [1.54, 1.807) is 10.9 Å². The van der Waals surface area contributed by atoms with E-state index in [9.17, 15) is 4.79 Å². The Morgan fingerprint density at radius 2 is 2.15 bits per heavy atom. The number of anilines is 1. The number of hydrogen-bond donors (Lipinski definition) is 2. The van der Waals surface area contributed by atoms with Crippen LogP contribution in [0.15, 0.2) is 42.7 Å². The molecule has 0 bridgehead atoms. The monoisotopic (exact) mass is 272 g/mol. The molecule has 2 aromatic rings. The summed E-state index contributed by atoms with van der Waals surface area (Å²) in [6.07, 6.45) is 5.57. The molecular weight excluding hydrogens is 252 g/mol. The summed E-state index contributed by atoms with van der Waals surface area (Å²) in [5.74, 6) is 0. The number of carbonyl (C=O) groups excluding carboxylic acids is 1. The molecule has 2 amide bonds. The number of benzene rings is 1. The van der Waals surface area contributed by atoms with Crippen molar-refractivity contribution in [3.63, 3.8) is 0 Å². The molecule has 2 rings (SSSR count). The number of rotatable bonds is 5. The number of urea groups is 1. The number of carbonyl (C=O) groups is 1. The van der Waals surface area contributed by atoms with Crippen molar-refractivity contribution in [2.24, 2.45) is 0 Å². The number of amides is 2. The van der Waals surface area contributed by atoms with E-state index in [1.165, 1.54) is 0 Å². The van der Waals surface area contributed by atoms with Gasteiger partial charge in [-0.15, -0.1) is 0 Å². The van der Waals surface area contributed by atoms with Gasteiger partial charge in [-0.3, -0.25) is 0 Å². The molecule has 1 aromatic carbocycles. The molecular formula is C15H20N4O. The summed E-state index contributed by atoms with van der Waals surface area (Å²) in [7, 11) is 0. The van der Waals surface area contributed by atoms with E-state index in [0.29, 0.717) is 0 Å². The molecule has 1 atom stereocenters. The molecule has 0 fully saturated rings. The first-order valence-corrected chi connectivity index (χ1v) is 6.87. The summed E-state index contributed by atoms with van der Waals surface area (Å²) in [6.45, 7) is 4.10. The van der Waals surface area contributed by atoms with E-state index >= 15 is 0 Å². The minimum atomic E-state index is -0.189. The first-order valence-electron chi connectivity index (χ1n) is 6.87. The smallest absolute Gasteiger partial charge is 0.319 e. The first kappa shape index (κ1) is 14.1. The van der Waals surface area contributed by atoms with Gasteiger partial charge in [0.1, 0.15) is 0 Å². The zero-order chi connectivity index (χ0) is 14.4. The Hall–Kier alpha value is -2.30. The summed E-state index contributed by atoms with van der Waals surface area (Å²) >= 11 is 0. The van der Waals surface area contributed by atoms with Crippen molar-refractivity contribution in [2.45, 2.75) is 32.7 Å². The van der Waals surface area contributed by atoms with Gasteiger partial charge in [0.05, 0.1) is 11.4 Å². The number of para-hydroxylation sites is 2. The van der Waals surface area contributed by atoms with Gasteiger partial charge >= 0.3 is 6.03 Å². The fourth-order valence-corrected chi connectivity index (χ4v) is 2.08. The SMILES string of the molecule is CCC[C@@H](C)NC(=O)Nc1ccccc1-n1cccn1. The van der Waals surface area contributed by atoms with E-state index < -0.39 is 0 Å². The maximum atomic E-state index is 12.0. The third-order valence-electron chi connectivity index (χ3n) is 3.00. The van der Waals surface area contributed by atoms with Gasteiger partial charge in [-0.25, -0.2) is 9.48 Å². The summed E-state index contributed by atoms with van der Waals surface area (Å²) < 4.78 is 1.73. The van der Waals surface area contributed by atoms with Gasteiger partial charge in [-0.2, -0.15) is 5.10 Å². The van der Waals surface area contributed by atoms with Crippen molar-refractivity contribution in [1.82, 2.24) is 15.1 Å². The van der Waals surface area contributed by atoms with Gasteiger partial charge < -0.3 is 10.6 Å². The number of nitrogens with zero attached hydrogens (tertiary/aromatic N) is 2. The zero-order valence-corrected chi connectivity index (χ0v) is 11.8. The van der Waals surface area contributed by atoms with Crippen LogP contribution < -0.4 is 10.6 Å². The first-order chi connectivity index (χ1) is 9.70. The lowest BCUT2D eigenvalue weighted by atomic mass is 10.2. The minimum Gasteiger partial charge on any atom is -0.335 e. The zero-order valence-electron chi connectivity index (χ0n) is 11.8. The molecule has 1 heterocycles. The topological polar surface area (TPSA) is 59.0 Å². The van der Waals surface area contributed by atoms with Crippen LogP contribution in [0, 0.1) is 0 Å². The summed E-state index contributed by atoms with van der Waals surface area (Å²) in [5.41, 5.74) is 1.58. The normalized spacial score (nSPS) is 11.9. The molecule has 0 spiro atoms. The summed E-state index contributed by atoms with van der Waals surface area (Å²) in [4.78, 5) is 12.0. The summed E-state index contributed by atoms with van der Waals surface area (Å²) in [6, 6.07) is 9.40. The number of nitrogens with one attached hydrogen (secondary N) is 2. The second kappa shape index (κ2) is 6.75. The largest absolute Gasteiger partial charge is 0.335 e. The fourth-order valence-electron chi connectivity index (χ4n) is 2.08. The highest BCUT2D eigenvalue weighted by Gasteiger charge is 2.10. The molecule has 2 N–H and O–H groups in total. The molecule has 0 aliphatic rings. The minimum absolute atomic E-state index is 0.164. The highest BCUT2D eigenvalue weighted by Crippen LogP contribution is 2.18. The number of hydrogen-bond acceptors (Lipinski definition) is 2.